The number of rotatable bonds is 5. The van der Waals surface area contributed by atoms with E-state index in [0.29, 0.717) is 0 Å². The molecule has 1 aromatic heterocycles. The minimum atomic E-state index is 0.216. The molecule has 0 aliphatic heterocycles. The summed E-state index contributed by atoms with van der Waals surface area (Å²) in [5, 5.41) is 6.78. The Labute approximate surface area is 118 Å². The van der Waals surface area contributed by atoms with E-state index in [1.165, 1.54) is 5.56 Å². The lowest BCUT2D eigenvalue weighted by molar-refractivity contribution is 0.396. The molecule has 1 N–H and O–H groups in total. The van der Waals surface area contributed by atoms with Crippen molar-refractivity contribution in [3.05, 3.63) is 45.9 Å². The van der Waals surface area contributed by atoms with Crippen LogP contribution in [0.3, 0.4) is 0 Å². The summed E-state index contributed by atoms with van der Waals surface area (Å²) >= 11 is 1.69. The third-order valence-electron chi connectivity index (χ3n) is 3.19. The predicted octanol–water partition coefficient (Wildman–Crippen LogP) is 3.87. The van der Waals surface area contributed by atoms with Crippen molar-refractivity contribution in [1.82, 2.24) is 10.3 Å². The fraction of sp³-hybridized carbons (Fsp3) is 0.400. The van der Waals surface area contributed by atoms with Crippen LogP contribution in [0.15, 0.2) is 29.6 Å². The third-order valence-corrected chi connectivity index (χ3v) is 3.98. The van der Waals surface area contributed by atoms with Crippen LogP contribution in [0.2, 0.25) is 0 Å². The van der Waals surface area contributed by atoms with Crippen LogP contribution in [0, 0.1) is 6.92 Å². The van der Waals surface area contributed by atoms with Crippen molar-refractivity contribution in [2.24, 2.45) is 0 Å². The van der Waals surface area contributed by atoms with E-state index in [2.05, 4.69) is 35.6 Å². The van der Waals surface area contributed by atoms with Gasteiger partial charge in [-0.25, -0.2) is 4.98 Å². The van der Waals surface area contributed by atoms with Crippen LogP contribution >= 0.6 is 11.3 Å². The smallest absolute Gasteiger partial charge is 0.123 e. The number of ether oxygens (including phenoxy) is 1. The zero-order valence-electron chi connectivity index (χ0n) is 11.8. The molecular weight excluding hydrogens is 256 g/mol. The Morgan fingerprint density at radius 3 is 2.58 bits per heavy atom. The lowest BCUT2D eigenvalue weighted by atomic mass is 10.1. The third kappa shape index (κ3) is 3.33. The quantitative estimate of drug-likeness (QED) is 0.900. The van der Waals surface area contributed by atoms with Gasteiger partial charge in [-0.3, -0.25) is 0 Å². The molecule has 1 heterocycles. The number of hydrogen-bond donors (Lipinski definition) is 1. The summed E-state index contributed by atoms with van der Waals surface area (Å²) in [5.74, 6) is 0.921. The first-order valence-electron chi connectivity index (χ1n) is 6.42. The standard InChI is InChI=1S/C15H20N2OS/c1-10(13-7-5-6-8-15(13)18-4)16-11(2)14-9-19-12(3)17-14/h5-11,16H,1-4H3/t10-,11?/m0/s1. The van der Waals surface area contributed by atoms with E-state index in [-0.39, 0.29) is 12.1 Å². The molecule has 2 rings (SSSR count). The maximum absolute atomic E-state index is 5.40. The number of nitrogens with zero attached hydrogens (tertiary/aromatic N) is 1. The zero-order chi connectivity index (χ0) is 13.8. The van der Waals surface area contributed by atoms with Gasteiger partial charge in [-0.05, 0) is 26.8 Å². The first-order chi connectivity index (χ1) is 9.11. The number of aromatic nitrogens is 1. The van der Waals surface area contributed by atoms with Gasteiger partial charge < -0.3 is 10.1 Å². The molecule has 19 heavy (non-hydrogen) atoms. The van der Waals surface area contributed by atoms with Crippen molar-refractivity contribution < 1.29 is 4.74 Å². The SMILES string of the molecule is COc1ccccc1[C@H](C)NC(C)c1csc(C)n1. The van der Waals surface area contributed by atoms with E-state index in [0.717, 1.165) is 16.5 Å². The highest BCUT2D eigenvalue weighted by atomic mass is 32.1. The van der Waals surface area contributed by atoms with Crippen molar-refractivity contribution in [1.29, 1.82) is 0 Å². The largest absolute Gasteiger partial charge is 0.496 e. The lowest BCUT2D eigenvalue weighted by Crippen LogP contribution is -2.23. The van der Waals surface area contributed by atoms with E-state index in [1.54, 1.807) is 18.4 Å². The first-order valence-corrected chi connectivity index (χ1v) is 7.30. The molecule has 1 unspecified atom stereocenters. The zero-order valence-corrected chi connectivity index (χ0v) is 12.6. The van der Waals surface area contributed by atoms with Gasteiger partial charge in [-0.15, -0.1) is 11.3 Å². The molecule has 0 radical (unpaired) electrons. The van der Waals surface area contributed by atoms with Crippen molar-refractivity contribution in [2.45, 2.75) is 32.9 Å². The van der Waals surface area contributed by atoms with Gasteiger partial charge in [0.15, 0.2) is 0 Å². The molecule has 0 fully saturated rings. The fourth-order valence-corrected chi connectivity index (χ4v) is 2.86. The van der Waals surface area contributed by atoms with Gasteiger partial charge >= 0.3 is 0 Å². The summed E-state index contributed by atoms with van der Waals surface area (Å²) in [6, 6.07) is 8.55. The van der Waals surface area contributed by atoms with E-state index in [9.17, 15) is 0 Å². The minimum absolute atomic E-state index is 0.216. The second-order valence-electron chi connectivity index (χ2n) is 4.64. The first kappa shape index (κ1) is 14.0. The Hall–Kier alpha value is -1.39. The summed E-state index contributed by atoms with van der Waals surface area (Å²) in [6.07, 6.45) is 0. The van der Waals surface area contributed by atoms with E-state index in [4.69, 9.17) is 4.74 Å². The van der Waals surface area contributed by atoms with Crippen LogP contribution in [-0.2, 0) is 0 Å². The Balaban J connectivity index is 2.10. The van der Waals surface area contributed by atoms with Crippen LogP contribution < -0.4 is 10.1 Å². The van der Waals surface area contributed by atoms with E-state index < -0.39 is 0 Å². The highest BCUT2D eigenvalue weighted by Gasteiger charge is 2.15. The summed E-state index contributed by atoms with van der Waals surface area (Å²) in [6.45, 7) is 6.32. The maximum Gasteiger partial charge on any atom is 0.123 e. The van der Waals surface area contributed by atoms with Crippen molar-refractivity contribution >= 4 is 11.3 Å². The number of nitrogens with one attached hydrogen (secondary N) is 1. The molecule has 2 atom stereocenters. The van der Waals surface area contributed by atoms with Gasteiger partial charge in [0.25, 0.3) is 0 Å². The molecule has 0 amide bonds. The van der Waals surface area contributed by atoms with E-state index in [1.807, 2.05) is 25.1 Å². The Bertz CT molecular complexity index is 538. The van der Waals surface area contributed by atoms with Crippen molar-refractivity contribution in [2.75, 3.05) is 7.11 Å². The average Bonchev–Trinajstić information content (AvgIpc) is 2.85. The molecule has 0 bridgehead atoms. The second kappa shape index (κ2) is 6.17. The highest BCUT2D eigenvalue weighted by molar-refractivity contribution is 7.09. The van der Waals surface area contributed by atoms with E-state index >= 15 is 0 Å². The van der Waals surface area contributed by atoms with Gasteiger partial charge in [0.05, 0.1) is 17.8 Å². The maximum atomic E-state index is 5.40. The molecular formula is C15H20N2OS. The number of methoxy groups -OCH3 is 1. The Morgan fingerprint density at radius 1 is 1.21 bits per heavy atom. The monoisotopic (exact) mass is 276 g/mol. The summed E-state index contributed by atoms with van der Waals surface area (Å²) in [4.78, 5) is 4.52. The molecule has 0 aliphatic carbocycles. The molecule has 0 saturated carbocycles. The summed E-state index contributed by atoms with van der Waals surface area (Å²) in [7, 11) is 1.71. The summed E-state index contributed by atoms with van der Waals surface area (Å²) < 4.78 is 5.40. The molecule has 4 heteroatoms. The predicted molar refractivity (Wildman–Crippen MR) is 79.8 cm³/mol. The van der Waals surface area contributed by atoms with Crippen molar-refractivity contribution in [3.63, 3.8) is 0 Å². The van der Waals surface area contributed by atoms with Gasteiger partial charge in [0.2, 0.25) is 0 Å². The van der Waals surface area contributed by atoms with Gasteiger partial charge in [0.1, 0.15) is 5.75 Å². The van der Waals surface area contributed by atoms with Crippen LogP contribution in [0.25, 0.3) is 0 Å². The second-order valence-corrected chi connectivity index (χ2v) is 5.71. The number of para-hydroxylation sites is 1. The number of thiazole rings is 1. The average molecular weight is 276 g/mol. The molecule has 0 spiro atoms. The van der Waals surface area contributed by atoms with Gasteiger partial charge in [-0.1, -0.05) is 18.2 Å². The van der Waals surface area contributed by atoms with Crippen LogP contribution in [0.4, 0.5) is 0 Å². The number of aryl methyl sites for hydroxylation is 1. The Kier molecular flexibility index (Phi) is 4.56. The topological polar surface area (TPSA) is 34.1 Å². The highest BCUT2D eigenvalue weighted by Crippen LogP contribution is 2.27. The van der Waals surface area contributed by atoms with Crippen molar-refractivity contribution in [3.8, 4) is 5.75 Å². The molecule has 3 nitrogen and oxygen atoms in total. The fourth-order valence-electron chi connectivity index (χ4n) is 2.15. The normalized spacial score (nSPS) is 14.1. The molecule has 2 aromatic rings. The number of hydrogen-bond acceptors (Lipinski definition) is 4. The van der Waals surface area contributed by atoms with Crippen LogP contribution in [0.5, 0.6) is 5.75 Å². The van der Waals surface area contributed by atoms with Gasteiger partial charge in [0, 0.05) is 23.0 Å². The lowest BCUT2D eigenvalue weighted by Gasteiger charge is -2.21. The molecule has 1 aromatic carbocycles. The molecule has 0 saturated heterocycles. The van der Waals surface area contributed by atoms with Gasteiger partial charge in [-0.2, -0.15) is 0 Å². The number of benzene rings is 1. The van der Waals surface area contributed by atoms with Crippen LogP contribution in [-0.4, -0.2) is 12.1 Å². The molecule has 0 aliphatic rings. The molecule has 102 valence electrons. The summed E-state index contributed by atoms with van der Waals surface area (Å²) in [5.41, 5.74) is 2.27. The minimum Gasteiger partial charge on any atom is -0.496 e. The van der Waals surface area contributed by atoms with Crippen LogP contribution in [0.1, 0.15) is 42.2 Å². The Morgan fingerprint density at radius 2 is 1.95 bits per heavy atom.